The Morgan fingerprint density at radius 1 is 1.27 bits per heavy atom. The van der Waals surface area contributed by atoms with Gasteiger partial charge in [0.2, 0.25) is 5.60 Å². The van der Waals surface area contributed by atoms with Crippen molar-refractivity contribution >= 4 is 17.3 Å². The SMILES string of the molecule is Cc1cccc(NC(=O)C23ON=C(c4cccnc4)C2C2CCC3C2)c1. The molecule has 3 aliphatic rings. The zero-order valence-corrected chi connectivity index (χ0v) is 14.7. The minimum absolute atomic E-state index is 0.00950. The normalized spacial score (nSPS) is 31.3. The van der Waals surface area contributed by atoms with Crippen LogP contribution in [0.2, 0.25) is 0 Å². The molecule has 2 saturated carbocycles. The van der Waals surface area contributed by atoms with Gasteiger partial charge < -0.3 is 10.2 Å². The highest BCUT2D eigenvalue weighted by atomic mass is 16.7. The number of carbonyl (C=O) groups is 1. The van der Waals surface area contributed by atoms with Crippen molar-refractivity contribution in [2.45, 2.75) is 31.8 Å². The van der Waals surface area contributed by atoms with E-state index in [1.54, 1.807) is 6.20 Å². The van der Waals surface area contributed by atoms with Gasteiger partial charge in [0.25, 0.3) is 5.91 Å². The van der Waals surface area contributed by atoms with E-state index in [0.29, 0.717) is 5.92 Å². The summed E-state index contributed by atoms with van der Waals surface area (Å²) in [7, 11) is 0. The van der Waals surface area contributed by atoms with Gasteiger partial charge in [-0.25, -0.2) is 0 Å². The smallest absolute Gasteiger partial charge is 0.272 e. The summed E-state index contributed by atoms with van der Waals surface area (Å²) in [6, 6.07) is 11.8. The van der Waals surface area contributed by atoms with Crippen LogP contribution in [0.3, 0.4) is 0 Å². The summed E-state index contributed by atoms with van der Waals surface area (Å²) in [5, 5.41) is 7.49. The maximum atomic E-state index is 13.4. The molecule has 2 bridgehead atoms. The second-order valence-corrected chi connectivity index (χ2v) is 7.67. The van der Waals surface area contributed by atoms with Crippen LogP contribution in [0.1, 0.15) is 30.4 Å². The molecule has 0 radical (unpaired) electrons. The number of hydrogen-bond donors (Lipinski definition) is 1. The van der Waals surface area contributed by atoms with E-state index in [1.807, 2.05) is 49.5 Å². The molecule has 2 fully saturated rings. The standard InChI is InChI=1S/C21H21N3O2/c1-13-4-2-6-17(10-13)23-20(25)21-16-8-7-14(11-16)18(21)19(24-26-21)15-5-3-9-22-12-15/h2-6,9-10,12,14,16,18H,7-8,11H2,1H3,(H,23,25). The molecular weight excluding hydrogens is 326 g/mol. The lowest BCUT2D eigenvalue weighted by Crippen LogP contribution is -2.53. The summed E-state index contributed by atoms with van der Waals surface area (Å²) >= 11 is 0. The molecule has 1 aliphatic heterocycles. The average Bonchev–Trinajstić information content (AvgIpc) is 3.34. The second kappa shape index (κ2) is 5.66. The fourth-order valence-corrected chi connectivity index (χ4v) is 5.12. The van der Waals surface area contributed by atoms with Crippen LogP contribution in [0.5, 0.6) is 0 Å². The number of nitrogens with one attached hydrogen (secondary N) is 1. The van der Waals surface area contributed by atoms with Crippen molar-refractivity contribution in [1.29, 1.82) is 0 Å². The van der Waals surface area contributed by atoms with Gasteiger partial charge >= 0.3 is 0 Å². The molecule has 5 heteroatoms. The van der Waals surface area contributed by atoms with Gasteiger partial charge in [0.1, 0.15) is 0 Å². The molecule has 1 aromatic heterocycles. The number of pyridine rings is 1. The third-order valence-electron chi connectivity index (χ3n) is 6.19. The molecule has 5 rings (SSSR count). The van der Waals surface area contributed by atoms with E-state index in [2.05, 4.69) is 15.5 Å². The minimum atomic E-state index is -0.877. The summed E-state index contributed by atoms with van der Waals surface area (Å²) in [6.07, 6.45) is 6.75. The van der Waals surface area contributed by atoms with Gasteiger partial charge in [-0.05, 0) is 61.9 Å². The Hall–Kier alpha value is -2.69. The Bertz CT molecular complexity index is 895. The molecule has 132 valence electrons. The molecule has 2 heterocycles. The summed E-state index contributed by atoms with van der Waals surface area (Å²) in [5.74, 6) is 0.614. The fraction of sp³-hybridized carbons (Fsp3) is 0.381. The lowest BCUT2D eigenvalue weighted by atomic mass is 9.72. The minimum Gasteiger partial charge on any atom is -0.378 e. The molecule has 2 aliphatic carbocycles. The summed E-state index contributed by atoms with van der Waals surface area (Å²) in [5.41, 5.74) is 2.88. The van der Waals surface area contributed by atoms with Crippen LogP contribution in [0.25, 0.3) is 0 Å². The van der Waals surface area contributed by atoms with Gasteiger partial charge in [-0.1, -0.05) is 17.3 Å². The molecule has 1 aromatic carbocycles. The largest absolute Gasteiger partial charge is 0.378 e. The predicted molar refractivity (Wildman–Crippen MR) is 98.7 cm³/mol. The quantitative estimate of drug-likeness (QED) is 0.923. The van der Waals surface area contributed by atoms with Crippen molar-refractivity contribution in [3.8, 4) is 0 Å². The zero-order valence-electron chi connectivity index (χ0n) is 14.7. The number of anilines is 1. The van der Waals surface area contributed by atoms with Gasteiger partial charge in [-0.3, -0.25) is 9.78 Å². The van der Waals surface area contributed by atoms with Crippen molar-refractivity contribution in [2.75, 3.05) is 5.32 Å². The molecule has 26 heavy (non-hydrogen) atoms. The first-order valence-corrected chi connectivity index (χ1v) is 9.23. The Labute approximate surface area is 152 Å². The van der Waals surface area contributed by atoms with Crippen LogP contribution in [0, 0.1) is 24.7 Å². The topological polar surface area (TPSA) is 63.6 Å². The van der Waals surface area contributed by atoms with Crippen LogP contribution in [-0.4, -0.2) is 22.2 Å². The first-order valence-electron chi connectivity index (χ1n) is 9.23. The lowest BCUT2D eigenvalue weighted by molar-refractivity contribution is -0.149. The third kappa shape index (κ3) is 2.13. The maximum absolute atomic E-state index is 13.4. The van der Waals surface area contributed by atoms with E-state index in [-0.39, 0.29) is 17.7 Å². The summed E-state index contributed by atoms with van der Waals surface area (Å²) < 4.78 is 0. The number of amides is 1. The van der Waals surface area contributed by atoms with Crippen LogP contribution in [0.15, 0.2) is 53.9 Å². The number of benzene rings is 1. The molecule has 0 spiro atoms. The zero-order chi connectivity index (χ0) is 17.7. The van der Waals surface area contributed by atoms with Crippen molar-refractivity contribution in [3.63, 3.8) is 0 Å². The second-order valence-electron chi connectivity index (χ2n) is 7.67. The fourth-order valence-electron chi connectivity index (χ4n) is 5.12. The first kappa shape index (κ1) is 15.6. The van der Waals surface area contributed by atoms with E-state index < -0.39 is 5.60 Å². The summed E-state index contributed by atoms with van der Waals surface area (Å²) in [4.78, 5) is 23.6. The van der Waals surface area contributed by atoms with Gasteiger partial charge in [-0.15, -0.1) is 0 Å². The third-order valence-corrected chi connectivity index (χ3v) is 6.19. The van der Waals surface area contributed by atoms with Crippen LogP contribution in [0.4, 0.5) is 5.69 Å². The number of fused-ring (bicyclic) bond motifs is 5. The number of aryl methyl sites for hydroxylation is 1. The van der Waals surface area contributed by atoms with Gasteiger partial charge in [0, 0.05) is 29.6 Å². The van der Waals surface area contributed by atoms with Crippen LogP contribution in [-0.2, 0) is 9.63 Å². The van der Waals surface area contributed by atoms with Crippen molar-refractivity contribution in [2.24, 2.45) is 22.9 Å². The molecule has 4 unspecified atom stereocenters. The molecule has 0 saturated heterocycles. The average molecular weight is 347 g/mol. The maximum Gasteiger partial charge on any atom is 0.272 e. The number of carbonyl (C=O) groups excluding carboxylic acids is 1. The van der Waals surface area contributed by atoms with Crippen molar-refractivity contribution in [3.05, 3.63) is 59.9 Å². The Morgan fingerprint density at radius 2 is 2.19 bits per heavy atom. The highest BCUT2D eigenvalue weighted by molar-refractivity contribution is 6.10. The number of oxime groups is 1. The number of hydrogen-bond acceptors (Lipinski definition) is 4. The van der Waals surface area contributed by atoms with E-state index in [0.717, 1.165) is 41.8 Å². The van der Waals surface area contributed by atoms with E-state index in [1.165, 1.54) is 0 Å². The number of nitrogens with zero attached hydrogens (tertiary/aromatic N) is 2. The Morgan fingerprint density at radius 3 is 3.00 bits per heavy atom. The lowest BCUT2D eigenvalue weighted by Gasteiger charge is -2.35. The van der Waals surface area contributed by atoms with Gasteiger partial charge in [-0.2, -0.15) is 0 Å². The molecule has 1 N–H and O–H groups in total. The van der Waals surface area contributed by atoms with Gasteiger partial charge in [0.05, 0.1) is 11.6 Å². The first-order chi connectivity index (χ1) is 12.7. The predicted octanol–water partition coefficient (Wildman–Crippen LogP) is 3.55. The molecular formula is C21H21N3O2. The highest BCUT2D eigenvalue weighted by Crippen LogP contribution is 2.60. The van der Waals surface area contributed by atoms with Crippen molar-refractivity contribution in [1.82, 2.24) is 4.98 Å². The van der Waals surface area contributed by atoms with E-state index in [9.17, 15) is 4.79 Å². The van der Waals surface area contributed by atoms with E-state index >= 15 is 0 Å². The molecule has 4 atom stereocenters. The highest BCUT2D eigenvalue weighted by Gasteiger charge is 2.69. The van der Waals surface area contributed by atoms with Gasteiger partial charge in [0.15, 0.2) is 0 Å². The summed E-state index contributed by atoms with van der Waals surface area (Å²) in [6.45, 7) is 2.02. The molecule has 1 amide bonds. The van der Waals surface area contributed by atoms with Crippen LogP contribution >= 0.6 is 0 Å². The Kier molecular flexibility index (Phi) is 3.39. The monoisotopic (exact) mass is 347 g/mol. The Balaban J connectivity index is 1.50. The van der Waals surface area contributed by atoms with Crippen molar-refractivity contribution < 1.29 is 9.63 Å². The van der Waals surface area contributed by atoms with E-state index in [4.69, 9.17) is 4.84 Å². The molecule has 5 nitrogen and oxygen atoms in total. The molecule has 2 aromatic rings. The number of aromatic nitrogens is 1. The van der Waals surface area contributed by atoms with Crippen LogP contribution < -0.4 is 5.32 Å². The number of rotatable bonds is 3.